The van der Waals surface area contributed by atoms with Crippen LogP contribution in [0.1, 0.15) is 25.2 Å². The Morgan fingerprint density at radius 1 is 1.42 bits per heavy atom. The second-order valence-corrected chi connectivity index (χ2v) is 3.95. The monoisotopic (exact) mass is 183 g/mol. The van der Waals surface area contributed by atoms with Crippen LogP contribution in [0.15, 0.2) is 12.1 Å². The summed E-state index contributed by atoms with van der Waals surface area (Å²) in [5, 5.41) is 0.790. The van der Waals surface area contributed by atoms with Crippen LogP contribution in [0.5, 0.6) is 0 Å². The molecule has 66 valence electrons. The average Bonchev–Trinajstić information content (AvgIpc) is 1.81. The molecule has 0 radical (unpaired) electrons. The molecule has 1 heterocycles. The maximum atomic E-state index is 5.89. The van der Waals surface area contributed by atoms with Crippen LogP contribution in [0.3, 0.4) is 0 Å². The molecule has 0 unspecified atom stereocenters. The topological polar surface area (TPSA) is 12.9 Å². The lowest BCUT2D eigenvalue weighted by Crippen LogP contribution is -1.98. The number of hydrogen-bond acceptors (Lipinski definition) is 1. The van der Waals surface area contributed by atoms with Crippen LogP contribution in [-0.4, -0.2) is 4.98 Å². The second-order valence-electron chi connectivity index (χ2n) is 3.52. The number of halogens is 1. The van der Waals surface area contributed by atoms with Gasteiger partial charge in [-0.2, -0.15) is 0 Å². The van der Waals surface area contributed by atoms with Gasteiger partial charge in [0.1, 0.15) is 0 Å². The molecule has 0 aliphatic rings. The zero-order chi connectivity index (χ0) is 9.14. The van der Waals surface area contributed by atoms with E-state index in [9.17, 15) is 0 Å². The van der Waals surface area contributed by atoms with E-state index >= 15 is 0 Å². The summed E-state index contributed by atoms with van der Waals surface area (Å²) in [6.45, 7) is 6.32. The average molecular weight is 184 g/mol. The Labute approximate surface area is 78.8 Å². The molecule has 1 aromatic heterocycles. The minimum absolute atomic E-state index is 0.635. The van der Waals surface area contributed by atoms with E-state index in [-0.39, 0.29) is 0 Å². The molecule has 0 aliphatic heterocycles. The normalized spacial score (nSPS) is 10.8. The first-order valence-electron chi connectivity index (χ1n) is 4.21. The highest BCUT2D eigenvalue weighted by Crippen LogP contribution is 2.13. The molecule has 1 nitrogen and oxygen atoms in total. The molecule has 0 saturated heterocycles. The molecular formula is C10H14ClN. The van der Waals surface area contributed by atoms with Gasteiger partial charge in [0, 0.05) is 16.4 Å². The van der Waals surface area contributed by atoms with Crippen LogP contribution in [0.25, 0.3) is 0 Å². The summed E-state index contributed by atoms with van der Waals surface area (Å²) in [5.74, 6) is 0.635. The molecule has 0 saturated carbocycles. The number of hydrogen-bond donors (Lipinski definition) is 0. The molecule has 0 aliphatic carbocycles. The predicted octanol–water partition coefficient (Wildman–Crippen LogP) is 3.24. The predicted molar refractivity (Wildman–Crippen MR) is 52.5 cm³/mol. The van der Waals surface area contributed by atoms with Crippen molar-refractivity contribution < 1.29 is 0 Å². The van der Waals surface area contributed by atoms with E-state index in [1.807, 2.05) is 19.1 Å². The Balaban J connectivity index is 2.85. The van der Waals surface area contributed by atoms with Crippen molar-refractivity contribution >= 4 is 11.6 Å². The highest BCUT2D eigenvalue weighted by atomic mass is 35.5. The summed E-state index contributed by atoms with van der Waals surface area (Å²) in [6, 6.07) is 3.82. The van der Waals surface area contributed by atoms with Gasteiger partial charge in [-0.05, 0) is 31.4 Å². The maximum absolute atomic E-state index is 5.89. The lowest BCUT2D eigenvalue weighted by atomic mass is 10.1. The Kier molecular flexibility index (Phi) is 3.10. The molecule has 0 atom stereocenters. The summed E-state index contributed by atoms with van der Waals surface area (Å²) >= 11 is 5.89. The summed E-state index contributed by atoms with van der Waals surface area (Å²) in [6.07, 6.45) is 1.00. The molecule has 0 fully saturated rings. The van der Waals surface area contributed by atoms with Gasteiger partial charge < -0.3 is 0 Å². The van der Waals surface area contributed by atoms with Crippen molar-refractivity contribution in [3.8, 4) is 0 Å². The van der Waals surface area contributed by atoms with Crippen molar-refractivity contribution in [1.82, 2.24) is 4.98 Å². The smallest absolute Gasteiger partial charge is 0.0442 e. The van der Waals surface area contributed by atoms with Crippen molar-refractivity contribution in [3.05, 3.63) is 28.5 Å². The van der Waals surface area contributed by atoms with Gasteiger partial charge in [-0.3, -0.25) is 4.98 Å². The van der Waals surface area contributed by atoms with E-state index < -0.39 is 0 Å². The van der Waals surface area contributed by atoms with Gasteiger partial charge >= 0.3 is 0 Å². The van der Waals surface area contributed by atoms with E-state index in [4.69, 9.17) is 11.6 Å². The number of aromatic nitrogens is 1. The molecule has 2 heteroatoms. The van der Waals surface area contributed by atoms with E-state index in [1.54, 1.807) is 0 Å². The fourth-order valence-electron chi connectivity index (χ4n) is 1.21. The lowest BCUT2D eigenvalue weighted by molar-refractivity contribution is 0.634. The molecule has 0 bridgehead atoms. The van der Waals surface area contributed by atoms with Crippen molar-refractivity contribution in [2.24, 2.45) is 5.92 Å². The minimum Gasteiger partial charge on any atom is -0.258 e. The van der Waals surface area contributed by atoms with Crippen LogP contribution in [-0.2, 0) is 6.42 Å². The Bertz CT molecular complexity index is 248. The fourth-order valence-corrected chi connectivity index (χ4v) is 1.50. The molecule has 0 amide bonds. The van der Waals surface area contributed by atoms with Crippen LogP contribution < -0.4 is 0 Å². The Morgan fingerprint density at radius 3 is 2.58 bits per heavy atom. The molecule has 0 N–H and O–H groups in total. The third-order valence-electron chi connectivity index (χ3n) is 1.59. The van der Waals surface area contributed by atoms with Gasteiger partial charge in [0.15, 0.2) is 0 Å². The lowest BCUT2D eigenvalue weighted by Gasteiger charge is -2.05. The molecule has 12 heavy (non-hydrogen) atoms. The Hall–Kier alpha value is -0.560. The van der Waals surface area contributed by atoms with Crippen molar-refractivity contribution in [2.45, 2.75) is 27.2 Å². The van der Waals surface area contributed by atoms with Gasteiger partial charge in [-0.1, -0.05) is 25.4 Å². The third-order valence-corrected chi connectivity index (χ3v) is 1.81. The van der Waals surface area contributed by atoms with E-state index in [0.29, 0.717) is 5.92 Å². The highest BCUT2D eigenvalue weighted by Gasteiger charge is 2.01. The molecule has 1 rings (SSSR count). The van der Waals surface area contributed by atoms with Gasteiger partial charge in [-0.15, -0.1) is 0 Å². The number of nitrogens with zero attached hydrogens (tertiary/aromatic N) is 1. The quantitative estimate of drug-likeness (QED) is 0.686. The number of pyridine rings is 1. The van der Waals surface area contributed by atoms with E-state index in [1.165, 1.54) is 0 Å². The SMILES string of the molecule is Cc1cc(Cl)cc(CC(C)C)n1. The zero-order valence-corrected chi connectivity index (χ0v) is 8.52. The summed E-state index contributed by atoms with van der Waals surface area (Å²) in [5.41, 5.74) is 2.09. The summed E-state index contributed by atoms with van der Waals surface area (Å²) in [4.78, 5) is 4.39. The number of rotatable bonds is 2. The molecule has 0 aromatic carbocycles. The van der Waals surface area contributed by atoms with Gasteiger partial charge in [0.05, 0.1) is 0 Å². The first-order valence-corrected chi connectivity index (χ1v) is 4.59. The van der Waals surface area contributed by atoms with E-state index in [0.717, 1.165) is 22.8 Å². The first-order chi connectivity index (χ1) is 5.58. The van der Waals surface area contributed by atoms with Crippen LogP contribution >= 0.6 is 11.6 Å². The standard InChI is InChI=1S/C10H14ClN/c1-7(2)4-10-6-9(11)5-8(3)12-10/h5-7H,4H2,1-3H3. The maximum Gasteiger partial charge on any atom is 0.0442 e. The summed E-state index contributed by atoms with van der Waals surface area (Å²) < 4.78 is 0. The van der Waals surface area contributed by atoms with Gasteiger partial charge in [0.25, 0.3) is 0 Å². The Morgan fingerprint density at radius 2 is 2.08 bits per heavy atom. The van der Waals surface area contributed by atoms with Crippen LogP contribution in [0, 0.1) is 12.8 Å². The van der Waals surface area contributed by atoms with Gasteiger partial charge in [-0.25, -0.2) is 0 Å². The van der Waals surface area contributed by atoms with Crippen molar-refractivity contribution in [3.63, 3.8) is 0 Å². The minimum atomic E-state index is 0.635. The molecule has 0 spiro atoms. The molecular weight excluding hydrogens is 170 g/mol. The van der Waals surface area contributed by atoms with Crippen LogP contribution in [0.2, 0.25) is 5.02 Å². The van der Waals surface area contributed by atoms with Crippen LogP contribution in [0.4, 0.5) is 0 Å². The first kappa shape index (κ1) is 9.53. The number of aryl methyl sites for hydroxylation is 1. The van der Waals surface area contributed by atoms with Crippen molar-refractivity contribution in [2.75, 3.05) is 0 Å². The van der Waals surface area contributed by atoms with E-state index in [2.05, 4.69) is 18.8 Å². The molecule has 1 aromatic rings. The largest absolute Gasteiger partial charge is 0.258 e. The third kappa shape index (κ3) is 2.82. The summed E-state index contributed by atoms with van der Waals surface area (Å²) in [7, 11) is 0. The second kappa shape index (κ2) is 3.90. The fraction of sp³-hybridized carbons (Fsp3) is 0.500. The van der Waals surface area contributed by atoms with Crippen molar-refractivity contribution in [1.29, 1.82) is 0 Å². The zero-order valence-electron chi connectivity index (χ0n) is 7.76. The van der Waals surface area contributed by atoms with Gasteiger partial charge in [0.2, 0.25) is 0 Å². The highest BCUT2D eigenvalue weighted by molar-refractivity contribution is 6.30.